The Morgan fingerprint density at radius 1 is 1.17 bits per heavy atom. The van der Waals surface area contributed by atoms with E-state index in [9.17, 15) is 4.79 Å². The Kier molecular flexibility index (Phi) is 3.72. The Hall–Kier alpha value is -2.77. The minimum Gasteiger partial charge on any atom is -0.333 e. The van der Waals surface area contributed by atoms with Gasteiger partial charge in [-0.25, -0.2) is 4.98 Å². The van der Waals surface area contributed by atoms with E-state index in [2.05, 4.69) is 20.1 Å². The van der Waals surface area contributed by atoms with E-state index in [0.717, 1.165) is 15.3 Å². The van der Waals surface area contributed by atoms with Crippen LogP contribution in [0.3, 0.4) is 0 Å². The molecule has 0 fully saturated rings. The summed E-state index contributed by atoms with van der Waals surface area (Å²) in [4.78, 5) is 24.2. The van der Waals surface area contributed by atoms with Gasteiger partial charge in [0.25, 0.3) is 11.4 Å². The predicted octanol–water partition coefficient (Wildman–Crippen LogP) is 3.87. The third kappa shape index (κ3) is 2.75. The summed E-state index contributed by atoms with van der Waals surface area (Å²) in [7, 11) is 0. The smallest absolute Gasteiger partial charge is 0.268 e. The largest absolute Gasteiger partial charge is 0.333 e. The second kappa shape index (κ2) is 6.03. The minimum atomic E-state index is -0.317. The maximum atomic E-state index is 11.8. The van der Waals surface area contributed by atoms with Crippen LogP contribution in [0.2, 0.25) is 5.02 Å². The van der Waals surface area contributed by atoms with Crippen molar-refractivity contribution in [3.05, 3.63) is 64.3 Å². The molecular weight excluding hydrogens is 348 g/mol. The van der Waals surface area contributed by atoms with Crippen molar-refractivity contribution in [1.82, 2.24) is 20.1 Å². The number of nitrogens with zero attached hydrogens (tertiary/aromatic N) is 3. The molecule has 0 radical (unpaired) electrons. The van der Waals surface area contributed by atoms with Crippen LogP contribution in [0.1, 0.15) is 0 Å². The molecule has 4 rings (SSSR count). The molecule has 0 amide bonds. The lowest BCUT2D eigenvalue weighted by Crippen LogP contribution is -2.09. The van der Waals surface area contributed by atoms with Gasteiger partial charge in [0.1, 0.15) is 5.56 Å². The van der Waals surface area contributed by atoms with E-state index in [0.29, 0.717) is 10.9 Å². The third-order valence-electron chi connectivity index (χ3n) is 3.31. The van der Waals surface area contributed by atoms with E-state index >= 15 is 0 Å². The van der Waals surface area contributed by atoms with Gasteiger partial charge in [-0.05, 0) is 29.8 Å². The summed E-state index contributed by atoms with van der Waals surface area (Å²) in [6, 6.07) is 11.5. The van der Waals surface area contributed by atoms with Crippen molar-refractivity contribution in [2.75, 3.05) is 0 Å². The van der Waals surface area contributed by atoms with Crippen molar-refractivity contribution in [3.8, 4) is 32.6 Å². The van der Waals surface area contributed by atoms with E-state index in [4.69, 9.17) is 16.1 Å². The highest BCUT2D eigenvalue weighted by Crippen LogP contribution is 2.34. The maximum Gasteiger partial charge on any atom is 0.268 e. The van der Waals surface area contributed by atoms with Crippen molar-refractivity contribution < 1.29 is 4.52 Å². The lowest BCUT2D eigenvalue weighted by molar-refractivity contribution is 0.433. The van der Waals surface area contributed by atoms with Crippen LogP contribution in [0.4, 0.5) is 0 Å². The number of H-pyrrole nitrogens is 1. The van der Waals surface area contributed by atoms with E-state index in [1.54, 1.807) is 0 Å². The van der Waals surface area contributed by atoms with Crippen LogP contribution in [0.25, 0.3) is 32.6 Å². The fourth-order valence-electron chi connectivity index (χ4n) is 2.19. The van der Waals surface area contributed by atoms with Crippen LogP contribution >= 0.6 is 22.9 Å². The first-order chi connectivity index (χ1) is 11.7. The predicted molar refractivity (Wildman–Crippen MR) is 91.9 cm³/mol. The monoisotopic (exact) mass is 356 g/mol. The minimum absolute atomic E-state index is 0.206. The SMILES string of the molecule is O=c1[nH]cncc1-c1noc(-c2ccc(-c3cccc(Cl)c3)s2)n1. The second-order valence-electron chi connectivity index (χ2n) is 4.89. The number of hydrogen-bond acceptors (Lipinski definition) is 6. The Morgan fingerprint density at radius 3 is 2.88 bits per heavy atom. The van der Waals surface area contributed by atoms with Gasteiger partial charge in [-0.1, -0.05) is 28.9 Å². The molecule has 0 atom stereocenters. The maximum absolute atomic E-state index is 11.8. The quantitative estimate of drug-likeness (QED) is 0.602. The summed E-state index contributed by atoms with van der Waals surface area (Å²) in [6.07, 6.45) is 2.71. The Morgan fingerprint density at radius 2 is 2.04 bits per heavy atom. The molecule has 0 aliphatic rings. The second-order valence-corrected chi connectivity index (χ2v) is 6.41. The number of thiophene rings is 1. The number of benzene rings is 1. The van der Waals surface area contributed by atoms with Crippen LogP contribution in [0.15, 0.2) is 58.2 Å². The number of aromatic amines is 1. The fraction of sp³-hybridized carbons (Fsp3) is 0. The molecule has 1 N–H and O–H groups in total. The van der Waals surface area contributed by atoms with Crippen molar-refractivity contribution in [2.24, 2.45) is 0 Å². The normalized spacial score (nSPS) is 10.9. The molecule has 3 heterocycles. The van der Waals surface area contributed by atoms with Crippen LogP contribution < -0.4 is 5.56 Å². The topological polar surface area (TPSA) is 84.7 Å². The van der Waals surface area contributed by atoms with Crippen molar-refractivity contribution in [2.45, 2.75) is 0 Å². The van der Waals surface area contributed by atoms with Gasteiger partial charge in [-0.2, -0.15) is 4.98 Å². The molecule has 6 nitrogen and oxygen atoms in total. The Balaban J connectivity index is 1.69. The molecule has 8 heteroatoms. The number of nitrogens with one attached hydrogen (secondary N) is 1. The molecular formula is C16H9ClN4O2S. The first-order valence-electron chi connectivity index (χ1n) is 6.93. The zero-order chi connectivity index (χ0) is 16.5. The average molecular weight is 357 g/mol. The van der Waals surface area contributed by atoms with Gasteiger partial charge in [0.05, 0.1) is 11.2 Å². The van der Waals surface area contributed by atoms with Gasteiger partial charge in [0, 0.05) is 16.1 Å². The average Bonchev–Trinajstić information content (AvgIpc) is 3.25. The molecule has 1 aromatic carbocycles. The van der Waals surface area contributed by atoms with Crippen molar-refractivity contribution in [1.29, 1.82) is 0 Å². The molecule has 24 heavy (non-hydrogen) atoms. The first-order valence-corrected chi connectivity index (χ1v) is 8.13. The van der Waals surface area contributed by atoms with Crippen LogP contribution in [-0.2, 0) is 0 Å². The standard InChI is InChI=1S/C16H9ClN4O2S/c17-10-3-1-2-9(6-10)12-4-5-13(24-12)16-20-14(21-23-16)11-7-18-8-19-15(11)22/h1-8H,(H,18,19,22). The summed E-state index contributed by atoms with van der Waals surface area (Å²) in [5, 5.41) is 4.54. The van der Waals surface area contributed by atoms with Gasteiger partial charge in [-0.15, -0.1) is 11.3 Å². The van der Waals surface area contributed by atoms with E-state index in [-0.39, 0.29) is 16.9 Å². The van der Waals surface area contributed by atoms with Crippen LogP contribution in [-0.4, -0.2) is 20.1 Å². The van der Waals surface area contributed by atoms with E-state index in [1.165, 1.54) is 23.9 Å². The summed E-state index contributed by atoms with van der Waals surface area (Å²) in [6.45, 7) is 0. The Bertz CT molecular complexity index is 1070. The summed E-state index contributed by atoms with van der Waals surface area (Å²) >= 11 is 7.53. The summed E-state index contributed by atoms with van der Waals surface area (Å²) in [5.74, 6) is 0.559. The highest BCUT2D eigenvalue weighted by Gasteiger charge is 2.15. The number of halogens is 1. The van der Waals surface area contributed by atoms with Gasteiger partial charge in [0.2, 0.25) is 5.82 Å². The molecule has 4 aromatic rings. The molecule has 0 saturated carbocycles. The van der Waals surface area contributed by atoms with Crippen molar-refractivity contribution >= 4 is 22.9 Å². The molecule has 3 aromatic heterocycles. The fourth-order valence-corrected chi connectivity index (χ4v) is 3.30. The van der Waals surface area contributed by atoms with Crippen LogP contribution in [0, 0.1) is 0 Å². The molecule has 118 valence electrons. The van der Waals surface area contributed by atoms with Crippen molar-refractivity contribution in [3.63, 3.8) is 0 Å². The zero-order valence-corrected chi connectivity index (χ0v) is 13.6. The number of hydrogen-bond donors (Lipinski definition) is 1. The molecule has 0 saturated heterocycles. The highest BCUT2D eigenvalue weighted by atomic mass is 35.5. The van der Waals surface area contributed by atoms with Gasteiger partial charge in [0.15, 0.2) is 0 Å². The van der Waals surface area contributed by atoms with E-state index in [1.807, 2.05) is 36.4 Å². The molecule has 0 unspecified atom stereocenters. The third-order valence-corrected chi connectivity index (χ3v) is 4.67. The van der Waals surface area contributed by atoms with Gasteiger partial charge in [-0.3, -0.25) is 4.79 Å². The summed E-state index contributed by atoms with van der Waals surface area (Å²) in [5.41, 5.74) is 0.962. The van der Waals surface area contributed by atoms with Gasteiger partial charge >= 0.3 is 0 Å². The zero-order valence-electron chi connectivity index (χ0n) is 12.1. The summed E-state index contributed by atoms with van der Waals surface area (Å²) < 4.78 is 5.28. The number of aromatic nitrogens is 4. The highest BCUT2D eigenvalue weighted by molar-refractivity contribution is 7.18. The first kappa shape index (κ1) is 14.8. The number of rotatable bonds is 3. The lowest BCUT2D eigenvalue weighted by Gasteiger charge is -1.96. The molecule has 0 spiro atoms. The molecule has 0 aliphatic heterocycles. The molecule has 0 aliphatic carbocycles. The molecule has 0 bridgehead atoms. The Labute approximate surface area is 144 Å². The van der Waals surface area contributed by atoms with E-state index < -0.39 is 0 Å². The van der Waals surface area contributed by atoms with Crippen LogP contribution in [0.5, 0.6) is 0 Å². The lowest BCUT2D eigenvalue weighted by atomic mass is 10.2. The van der Waals surface area contributed by atoms with Gasteiger partial charge < -0.3 is 9.51 Å².